The van der Waals surface area contributed by atoms with Crippen molar-refractivity contribution in [2.75, 3.05) is 46.3 Å². The topological polar surface area (TPSA) is 18.5 Å². The molecule has 0 aromatic heterocycles. The molecule has 1 atom stereocenters. The van der Waals surface area contributed by atoms with Crippen LogP contribution in [0.4, 0.5) is 0 Å². The van der Waals surface area contributed by atoms with Crippen LogP contribution in [-0.2, 0) is 0 Å². The molecule has 1 N–H and O–H groups in total. The zero-order valence-corrected chi connectivity index (χ0v) is 10.6. The number of nitrogens with one attached hydrogen (secondary N) is 1. The largest absolute Gasteiger partial charge is 0.315 e. The molecule has 0 saturated carbocycles. The lowest BCUT2D eigenvalue weighted by molar-refractivity contribution is 0.0940. The molecule has 3 heteroatoms. The lowest BCUT2D eigenvalue weighted by Crippen LogP contribution is -2.52. The molecule has 3 nitrogen and oxygen atoms in total. The van der Waals surface area contributed by atoms with Gasteiger partial charge in [-0.05, 0) is 26.4 Å². The maximum atomic E-state index is 3.47. The number of hydrogen-bond acceptors (Lipinski definition) is 3. The van der Waals surface area contributed by atoms with Gasteiger partial charge in [0.15, 0.2) is 0 Å². The minimum absolute atomic E-state index is 0.768. The highest BCUT2D eigenvalue weighted by molar-refractivity contribution is 4.79. The second-order valence-electron chi connectivity index (χ2n) is 4.59. The fraction of sp³-hybridized carbons (Fsp3) is 1.00. The smallest absolute Gasteiger partial charge is 0.0218 e. The Morgan fingerprint density at radius 1 is 1.20 bits per heavy atom. The molecule has 0 aromatic carbocycles. The van der Waals surface area contributed by atoms with Crippen LogP contribution in [0.2, 0.25) is 0 Å². The van der Waals surface area contributed by atoms with E-state index in [-0.39, 0.29) is 0 Å². The highest BCUT2D eigenvalue weighted by Gasteiger charge is 2.21. The van der Waals surface area contributed by atoms with E-state index >= 15 is 0 Å². The van der Waals surface area contributed by atoms with Gasteiger partial charge in [-0.1, -0.05) is 13.8 Å². The average Bonchev–Trinajstić information content (AvgIpc) is 2.26. The van der Waals surface area contributed by atoms with Gasteiger partial charge in [0.25, 0.3) is 0 Å². The van der Waals surface area contributed by atoms with E-state index in [9.17, 15) is 0 Å². The van der Waals surface area contributed by atoms with Crippen LogP contribution in [0.15, 0.2) is 0 Å². The van der Waals surface area contributed by atoms with E-state index in [0.717, 1.165) is 19.1 Å². The maximum Gasteiger partial charge on any atom is 0.0218 e. The minimum Gasteiger partial charge on any atom is -0.315 e. The zero-order valence-electron chi connectivity index (χ0n) is 10.6. The SMILES string of the molecule is CCCNCCN1CCN(C)C(CC)C1. The molecule has 0 radical (unpaired) electrons. The second-order valence-corrected chi connectivity index (χ2v) is 4.59. The molecule has 0 aliphatic carbocycles. The molecule has 15 heavy (non-hydrogen) atoms. The molecular weight excluding hydrogens is 186 g/mol. The molecule has 1 rings (SSSR count). The van der Waals surface area contributed by atoms with Crippen LogP contribution in [0.1, 0.15) is 26.7 Å². The van der Waals surface area contributed by atoms with Gasteiger partial charge in [0.2, 0.25) is 0 Å². The van der Waals surface area contributed by atoms with Crippen LogP contribution in [0.5, 0.6) is 0 Å². The zero-order chi connectivity index (χ0) is 11.1. The molecule has 1 heterocycles. The molecule has 0 amide bonds. The number of rotatable bonds is 6. The third-order valence-electron chi connectivity index (χ3n) is 3.36. The predicted octanol–water partition coefficient (Wildman–Crippen LogP) is 1.01. The molecule has 1 fully saturated rings. The molecule has 0 spiro atoms. The molecular formula is C12H27N3. The summed E-state index contributed by atoms with van der Waals surface area (Å²) in [5.74, 6) is 0. The van der Waals surface area contributed by atoms with E-state index in [4.69, 9.17) is 0 Å². The van der Waals surface area contributed by atoms with Crippen LogP contribution >= 0.6 is 0 Å². The van der Waals surface area contributed by atoms with Gasteiger partial charge in [-0.25, -0.2) is 0 Å². The van der Waals surface area contributed by atoms with Crippen molar-refractivity contribution in [3.8, 4) is 0 Å². The van der Waals surface area contributed by atoms with Gasteiger partial charge in [-0.2, -0.15) is 0 Å². The Labute approximate surface area is 94.8 Å². The summed E-state index contributed by atoms with van der Waals surface area (Å²) >= 11 is 0. The quantitative estimate of drug-likeness (QED) is 0.664. The van der Waals surface area contributed by atoms with E-state index in [0.29, 0.717) is 0 Å². The van der Waals surface area contributed by atoms with E-state index in [2.05, 4.69) is 36.0 Å². The van der Waals surface area contributed by atoms with Gasteiger partial charge < -0.3 is 10.2 Å². The standard InChI is InChI=1S/C12H27N3/c1-4-6-13-7-8-15-10-9-14(3)12(5-2)11-15/h12-13H,4-11H2,1-3H3. The number of likely N-dealkylation sites (N-methyl/N-ethyl adjacent to an activating group) is 1. The summed E-state index contributed by atoms with van der Waals surface area (Å²) in [4.78, 5) is 5.09. The van der Waals surface area contributed by atoms with Crippen LogP contribution in [0, 0.1) is 0 Å². The Balaban J connectivity index is 2.14. The van der Waals surface area contributed by atoms with Crippen molar-refractivity contribution in [1.29, 1.82) is 0 Å². The van der Waals surface area contributed by atoms with Gasteiger partial charge in [0.05, 0.1) is 0 Å². The van der Waals surface area contributed by atoms with Gasteiger partial charge in [-0.15, -0.1) is 0 Å². The summed E-state index contributed by atoms with van der Waals surface area (Å²) in [5.41, 5.74) is 0. The summed E-state index contributed by atoms with van der Waals surface area (Å²) in [6.07, 6.45) is 2.51. The summed E-state index contributed by atoms with van der Waals surface area (Å²) < 4.78 is 0. The van der Waals surface area contributed by atoms with Crippen molar-refractivity contribution >= 4 is 0 Å². The number of piperazine rings is 1. The van der Waals surface area contributed by atoms with Crippen molar-refractivity contribution < 1.29 is 0 Å². The van der Waals surface area contributed by atoms with Crippen molar-refractivity contribution in [1.82, 2.24) is 15.1 Å². The fourth-order valence-corrected chi connectivity index (χ4v) is 2.19. The van der Waals surface area contributed by atoms with E-state index in [1.54, 1.807) is 0 Å². The molecule has 1 aliphatic rings. The molecule has 0 aromatic rings. The number of nitrogens with zero attached hydrogens (tertiary/aromatic N) is 2. The van der Waals surface area contributed by atoms with Crippen molar-refractivity contribution in [2.45, 2.75) is 32.7 Å². The van der Waals surface area contributed by atoms with Gasteiger partial charge in [-0.3, -0.25) is 4.90 Å². The van der Waals surface area contributed by atoms with Crippen LogP contribution in [0.3, 0.4) is 0 Å². The van der Waals surface area contributed by atoms with Gasteiger partial charge in [0.1, 0.15) is 0 Å². The highest BCUT2D eigenvalue weighted by Crippen LogP contribution is 2.09. The Kier molecular flexibility index (Phi) is 6.22. The van der Waals surface area contributed by atoms with E-state index in [1.165, 1.54) is 39.0 Å². The molecule has 0 bridgehead atoms. The first-order valence-corrected chi connectivity index (χ1v) is 6.41. The van der Waals surface area contributed by atoms with Crippen molar-refractivity contribution in [2.24, 2.45) is 0 Å². The van der Waals surface area contributed by atoms with Crippen molar-refractivity contribution in [3.05, 3.63) is 0 Å². The maximum absolute atomic E-state index is 3.47. The lowest BCUT2D eigenvalue weighted by atomic mass is 10.1. The average molecular weight is 213 g/mol. The predicted molar refractivity (Wildman–Crippen MR) is 66.3 cm³/mol. The summed E-state index contributed by atoms with van der Waals surface area (Å²) in [5, 5.41) is 3.47. The Bertz CT molecular complexity index is 161. The van der Waals surface area contributed by atoms with Crippen LogP contribution in [0.25, 0.3) is 0 Å². The Morgan fingerprint density at radius 2 is 2.00 bits per heavy atom. The Hall–Kier alpha value is -0.120. The molecule has 1 unspecified atom stereocenters. The normalized spacial score (nSPS) is 24.6. The molecule has 1 saturated heterocycles. The second kappa shape index (κ2) is 7.20. The minimum atomic E-state index is 0.768. The number of hydrogen-bond donors (Lipinski definition) is 1. The first-order chi connectivity index (χ1) is 7.27. The van der Waals surface area contributed by atoms with E-state index in [1.807, 2.05) is 0 Å². The summed E-state index contributed by atoms with van der Waals surface area (Å²) in [6.45, 7) is 11.7. The van der Waals surface area contributed by atoms with Crippen LogP contribution in [-0.4, -0.2) is 62.2 Å². The lowest BCUT2D eigenvalue weighted by Gasteiger charge is -2.39. The van der Waals surface area contributed by atoms with Gasteiger partial charge >= 0.3 is 0 Å². The highest BCUT2D eigenvalue weighted by atomic mass is 15.3. The van der Waals surface area contributed by atoms with Crippen molar-refractivity contribution in [3.63, 3.8) is 0 Å². The third-order valence-corrected chi connectivity index (χ3v) is 3.36. The monoisotopic (exact) mass is 213 g/mol. The van der Waals surface area contributed by atoms with Gasteiger partial charge in [0, 0.05) is 38.8 Å². The summed E-state index contributed by atoms with van der Waals surface area (Å²) in [7, 11) is 2.25. The fourth-order valence-electron chi connectivity index (χ4n) is 2.19. The first-order valence-electron chi connectivity index (χ1n) is 6.41. The Morgan fingerprint density at radius 3 is 2.67 bits per heavy atom. The third kappa shape index (κ3) is 4.49. The first kappa shape index (κ1) is 12.9. The van der Waals surface area contributed by atoms with Crippen LogP contribution < -0.4 is 5.32 Å². The van der Waals surface area contributed by atoms with E-state index < -0.39 is 0 Å². The molecule has 1 aliphatic heterocycles. The molecule has 90 valence electrons. The summed E-state index contributed by atoms with van der Waals surface area (Å²) in [6, 6.07) is 0.768.